The van der Waals surface area contributed by atoms with Gasteiger partial charge in [0.1, 0.15) is 23.6 Å². The average molecular weight is 638 g/mol. The second-order valence-electron chi connectivity index (χ2n) is 13.1. The van der Waals surface area contributed by atoms with Crippen LogP contribution in [0.25, 0.3) is 0 Å². The molecule has 2 aromatic rings. The maximum Gasteiger partial charge on any atom is 0.270 e. The number of amides is 4. The Kier molecular flexibility index (Phi) is 11.4. The zero-order chi connectivity index (χ0) is 32.6. The van der Waals surface area contributed by atoms with E-state index in [1.807, 2.05) is 14.0 Å². The Balaban J connectivity index is 1.29. The molecule has 3 N–H and O–H groups in total. The van der Waals surface area contributed by atoms with E-state index in [1.54, 1.807) is 27.9 Å². The standard InChI is InChI=1S/C34H48FN7O4/c1-3-42-29(14-15-36-42)32(44)39-31(25-8-6-4-5-7-9-25)33(45)38-27-13-12-24(20-26(27)35)21-28(37-30(43)22-23-10-11-23)34(46)41-18-16-40(2)17-19-41/h12-15,20,23,25,28,31H,3-11,16-19,21-22H2,1-2H3,(H,37,43)(H,38,45)(H,39,44)/t28-,31+/m1/s1. The average Bonchev–Trinajstić information content (AvgIpc) is 3.79. The highest BCUT2D eigenvalue weighted by atomic mass is 19.1. The van der Waals surface area contributed by atoms with Crippen LogP contribution in [0, 0.1) is 17.7 Å². The molecule has 1 aromatic carbocycles. The Labute approximate surface area is 270 Å². The Hall–Kier alpha value is -3.80. The van der Waals surface area contributed by atoms with Gasteiger partial charge in [-0.2, -0.15) is 5.10 Å². The highest BCUT2D eigenvalue weighted by molar-refractivity contribution is 6.00. The van der Waals surface area contributed by atoms with E-state index in [-0.39, 0.29) is 35.7 Å². The summed E-state index contributed by atoms with van der Waals surface area (Å²) in [5.41, 5.74) is 0.908. The third kappa shape index (κ3) is 8.92. The number of rotatable bonds is 12. The van der Waals surface area contributed by atoms with Crippen LogP contribution >= 0.6 is 0 Å². The minimum atomic E-state index is -0.836. The van der Waals surface area contributed by atoms with Gasteiger partial charge in [0.15, 0.2) is 0 Å². The zero-order valence-electron chi connectivity index (χ0n) is 27.1. The van der Waals surface area contributed by atoms with Gasteiger partial charge < -0.3 is 25.8 Å². The lowest BCUT2D eigenvalue weighted by Crippen LogP contribution is -2.55. The van der Waals surface area contributed by atoms with Crippen LogP contribution in [0.3, 0.4) is 0 Å². The third-order valence-corrected chi connectivity index (χ3v) is 9.54. The minimum absolute atomic E-state index is 0.0000610. The highest BCUT2D eigenvalue weighted by Crippen LogP contribution is 2.32. The van der Waals surface area contributed by atoms with E-state index in [0.717, 1.165) is 64.5 Å². The number of carbonyl (C=O) groups excluding carboxylic acids is 4. The molecule has 250 valence electrons. The lowest BCUT2D eigenvalue weighted by Gasteiger charge is -2.35. The normalized spacial score (nSPS) is 19.2. The van der Waals surface area contributed by atoms with Gasteiger partial charge in [0.25, 0.3) is 5.91 Å². The Bertz CT molecular complexity index is 1380. The van der Waals surface area contributed by atoms with Crippen molar-refractivity contribution < 1.29 is 23.6 Å². The Morgan fingerprint density at radius 2 is 1.67 bits per heavy atom. The maximum absolute atomic E-state index is 15.6. The lowest BCUT2D eigenvalue weighted by atomic mass is 9.91. The first-order valence-corrected chi connectivity index (χ1v) is 16.9. The molecule has 46 heavy (non-hydrogen) atoms. The van der Waals surface area contributed by atoms with E-state index in [2.05, 4.69) is 25.9 Å². The minimum Gasteiger partial charge on any atom is -0.344 e. The highest BCUT2D eigenvalue weighted by Gasteiger charge is 2.33. The molecule has 12 heteroatoms. The molecule has 5 rings (SSSR count). The van der Waals surface area contributed by atoms with Crippen molar-refractivity contribution in [1.29, 1.82) is 0 Å². The van der Waals surface area contributed by atoms with E-state index >= 15 is 4.39 Å². The molecule has 11 nitrogen and oxygen atoms in total. The van der Waals surface area contributed by atoms with Crippen LogP contribution in [0.1, 0.15) is 80.8 Å². The first-order valence-electron chi connectivity index (χ1n) is 16.9. The van der Waals surface area contributed by atoms with Gasteiger partial charge in [-0.1, -0.05) is 31.7 Å². The predicted octanol–water partition coefficient (Wildman–Crippen LogP) is 3.35. The molecule has 3 fully saturated rings. The maximum atomic E-state index is 15.6. The van der Waals surface area contributed by atoms with Gasteiger partial charge in [0.05, 0.1) is 5.69 Å². The number of piperazine rings is 1. The molecule has 1 aliphatic heterocycles. The molecule has 2 saturated carbocycles. The SMILES string of the molecule is CCn1nccc1C(=O)N[C@H](C(=O)Nc1ccc(C[C@@H](NC(=O)CC2CC2)C(=O)N2CCN(C)CC2)cc1F)C1CCCCCC1. The summed E-state index contributed by atoms with van der Waals surface area (Å²) in [5.74, 6) is -1.53. The number of likely N-dealkylation sites (N-methyl/N-ethyl adjacent to an activating group) is 1. The lowest BCUT2D eigenvalue weighted by molar-refractivity contribution is -0.137. The van der Waals surface area contributed by atoms with Gasteiger partial charge in [0.2, 0.25) is 17.7 Å². The van der Waals surface area contributed by atoms with Crippen molar-refractivity contribution in [3.05, 3.63) is 47.5 Å². The summed E-state index contributed by atoms with van der Waals surface area (Å²) in [6, 6.07) is 4.46. The van der Waals surface area contributed by atoms with Crippen LogP contribution in [-0.4, -0.2) is 88.5 Å². The molecule has 2 atom stereocenters. The largest absolute Gasteiger partial charge is 0.344 e. The molecule has 1 saturated heterocycles. The molecule has 0 bridgehead atoms. The molecule has 2 heterocycles. The summed E-state index contributed by atoms with van der Waals surface area (Å²) >= 11 is 0. The first-order chi connectivity index (χ1) is 22.2. The van der Waals surface area contributed by atoms with Crippen molar-refractivity contribution in [2.45, 2.75) is 89.8 Å². The van der Waals surface area contributed by atoms with Crippen molar-refractivity contribution >= 4 is 29.3 Å². The second-order valence-corrected chi connectivity index (χ2v) is 13.1. The molecule has 3 aliphatic rings. The number of anilines is 1. The molecule has 1 aromatic heterocycles. The van der Waals surface area contributed by atoms with Crippen molar-refractivity contribution in [1.82, 2.24) is 30.2 Å². The zero-order valence-corrected chi connectivity index (χ0v) is 27.1. The number of aryl methyl sites for hydroxylation is 1. The van der Waals surface area contributed by atoms with Gasteiger partial charge in [-0.3, -0.25) is 23.9 Å². The Morgan fingerprint density at radius 3 is 2.33 bits per heavy atom. The monoisotopic (exact) mass is 637 g/mol. The molecular formula is C34H48FN7O4. The van der Waals surface area contributed by atoms with Crippen LogP contribution in [0.5, 0.6) is 0 Å². The summed E-state index contributed by atoms with van der Waals surface area (Å²) in [7, 11) is 2.01. The fourth-order valence-electron chi connectivity index (χ4n) is 6.55. The van der Waals surface area contributed by atoms with E-state index in [4.69, 9.17) is 0 Å². The number of hydrogen-bond acceptors (Lipinski definition) is 6. The molecule has 0 spiro atoms. The molecule has 0 radical (unpaired) electrons. The fourth-order valence-corrected chi connectivity index (χ4v) is 6.55. The number of aromatic nitrogens is 2. The van der Waals surface area contributed by atoms with Gasteiger partial charge >= 0.3 is 0 Å². The van der Waals surface area contributed by atoms with Crippen LogP contribution in [0.15, 0.2) is 30.5 Å². The van der Waals surface area contributed by atoms with Gasteiger partial charge in [-0.05, 0) is 75.3 Å². The smallest absolute Gasteiger partial charge is 0.270 e. The number of benzene rings is 1. The summed E-state index contributed by atoms with van der Waals surface area (Å²) in [6.07, 6.45) is 9.81. The van der Waals surface area contributed by atoms with Gasteiger partial charge in [-0.25, -0.2) is 4.39 Å². The Morgan fingerprint density at radius 1 is 0.957 bits per heavy atom. The van der Waals surface area contributed by atoms with E-state index in [1.165, 1.54) is 12.1 Å². The topological polar surface area (TPSA) is 129 Å². The summed E-state index contributed by atoms with van der Waals surface area (Å²) < 4.78 is 17.1. The quantitative estimate of drug-likeness (QED) is 0.307. The van der Waals surface area contributed by atoms with Crippen LogP contribution in [-0.2, 0) is 27.3 Å². The second kappa shape index (κ2) is 15.7. The van der Waals surface area contributed by atoms with E-state index in [9.17, 15) is 19.2 Å². The van der Waals surface area contributed by atoms with Crippen molar-refractivity contribution in [3.8, 4) is 0 Å². The van der Waals surface area contributed by atoms with Crippen molar-refractivity contribution in [2.24, 2.45) is 11.8 Å². The molecule has 2 aliphatic carbocycles. The number of nitrogens with one attached hydrogen (secondary N) is 3. The number of carbonyl (C=O) groups is 4. The summed E-state index contributed by atoms with van der Waals surface area (Å²) in [5, 5.41) is 12.8. The van der Waals surface area contributed by atoms with Crippen molar-refractivity contribution in [3.63, 3.8) is 0 Å². The van der Waals surface area contributed by atoms with Crippen LogP contribution < -0.4 is 16.0 Å². The number of nitrogens with zero attached hydrogens (tertiary/aromatic N) is 4. The molecular weight excluding hydrogens is 589 g/mol. The van der Waals surface area contributed by atoms with Gasteiger partial charge in [-0.15, -0.1) is 0 Å². The summed E-state index contributed by atoms with van der Waals surface area (Å²) in [4.78, 5) is 57.1. The number of hydrogen-bond donors (Lipinski definition) is 3. The first kappa shape index (κ1) is 33.6. The van der Waals surface area contributed by atoms with E-state index < -0.39 is 23.8 Å². The predicted molar refractivity (Wildman–Crippen MR) is 172 cm³/mol. The fraction of sp³-hybridized carbons (Fsp3) is 0.618. The van der Waals surface area contributed by atoms with Crippen molar-refractivity contribution in [2.75, 3.05) is 38.5 Å². The van der Waals surface area contributed by atoms with Crippen LogP contribution in [0.4, 0.5) is 10.1 Å². The number of halogens is 1. The molecule has 0 unspecified atom stereocenters. The van der Waals surface area contributed by atoms with Crippen LogP contribution in [0.2, 0.25) is 0 Å². The van der Waals surface area contributed by atoms with Gasteiger partial charge in [0, 0.05) is 51.8 Å². The third-order valence-electron chi connectivity index (χ3n) is 9.54. The van der Waals surface area contributed by atoms with E-state index in [0.29, 0.717) is 43.2 Å². The summed E-state index contributed by atoms with van der Waals surface area (Å²) in [6.45, 7) is 5.05. The molecule has 4 amide bonds.